The van der Waals surface area contributed by atoms with Crippen molar-refractivity contribution in [2.45, 2.75) is 32.2 Å². The summed E-state index contributed by atoms with van der Waals surface area (Å²) in [5, 5.41) is 0.741. The second-order valence-corrected chi connectivity index (χ2v) is 9.10. The van der Waals surface area contributed by atoms with E-state index in [0.29, 0.717) is 13.1 Å². The SMILES string of the molecule is C=Cc1ccc(C2CN(C(=O)C(CC)c3ccccc3)CCN2c2ccc(Cl)cc2C)cc1. The summed E-state index contributed by atoms with van der Waals surface area (Å²) in [5.74, 6) is 0.0997. The maximum atomic E-state index is 13.6. The van der Waals surface area contributed by atoms with Crippen LogP contribution in [-0.2, 0) is 4.79 Å². The first-order valence-electron chi connectivity index (χ1n) is 11.6. The maximum Gasteiger partial charge on any atom is 0.230 e. The number of carbonyl (C=O) groups excluding carboxylic acids is 1. The molecule has 1 fully saturated rings. The third-order valence-corrected chi connectivity index (χ3v) is 6.86. The van der Waals surface area contributed by atoms with Crippen molar-refractivity contribution >= 4 is 29.3 Å². The fraction of sp³-hybridized carbons (Fsp3) is 0.276. The summed E-state index contributed by atoms with van der Waals surface area (Å²) in [6.07, 6.45) is 2.64. The van der Waals surface area contributed by atoms with E-state index in [4.69, 9.17) is 11.6 Å². The molecule has 0 spiro atoms. The van der Waals surface area contributed by atoms with Gasteiger partial charge < -0.3 is 9.80 Å². The van der Waals surface area contributed by atoms with Crippen LogP contribution in [0.4, 0.5) is 5.69 Å². The van der Waals surface area contributed by atoms with Crippen molar-refractivity contribution in [3.05, 3.63) is 107 Å². The molecule has 0 aliphatic carbocycles. The molecule has 1 aliphatic heterocycles. The lowest BCUT2D eigenvalue weighted by Crippen LogP contribution is -2.51. The summed E-state index contributed by atoms with van der Waals surface area (Å²) in [5.41, 5.74) is 5.69. The summed E-state index contributed by atoms with van der Waals surface area (Å²) in [6.45, 7) is 10.2. The molecule has 4 rings (SSSR count). The van der Waals surface area contributed by atoms with Crippen molar-refractivity contribution in [3.8, 4) is 0 Å². The molecule has 33 heavy (non-hydrogen) atoms. The molecule has 1 aliphatic rings. The van der Waals surface area contributed by atoms with Crippen LogP contribution in [0.15, 0.2) is 79.4 Å². The van der Waals surface area contributed by atoms with Crippen molar-refractivity contribution < 1.29 is 4.79 Å². The van der Waals surface area contributed by atoms with Crippen molar-refractivity contribution in [1.82, 2.24) is 4.90 Å². The van der Waals surface area contributed by atoms with Crippen LogP contribution in [0, 0.1) is 6.92 Å². The predicted molar refractivity (Wildman–Crippen MR) is 139 cm³/mol. The molecule has 0 aromatic heterocycles. The van der Waals surface area contributed by atoms with E-state index in [1.54, 1.807) is 0 Å². The Morgan fingerprint density at radius 3 is 2.45 bits per heavy atom. The van der Waals surface area contributed by atoms with E-state index in [1.165, 1.54) is 11.3 Å². The van der Waals surface area contributed by atoms with Gasteiger partial charge in [0.25, 0.3) is 0 Å². The average molecular weight is 459 g/mol. The molecule has 1 heterocycles. The van der Waals surface area contributed by atoms with Crippen molar-refractivity contribution in [1.29, 1.82) is 0 Å². The standard InChI is InChI=1S/C29H31ClN2O/c1-4-22-11-13-24(14-12-22)28-20-31(29(33)26(5-2)23-9-7-6-8-10-23)17-18-32(28)27-16-15-25(30)19-21(27)3/h4,6-16,19,26,28H,1,5,17-18,20H2,2-3H3. The van der Waals surface area contributed by atoms with Gasteiger partial charge in [-0.3, -0.25) is 4.79 Å². The molecule has 170 valence electrons. The lowest BCUT2D eigenvalue weighted by molar-refractivity contribution is -0.133. The average Bonchev–Trinajstić information content (AvgIpc) is 2.85. The molecule has 2 atom stereocenters. The quantitative estimate of drug-likeness (QED) is 0.402. The summed E-state index contributed by atoms with van der Waals surface area (Å²) in [4.78, 5) is 18.1. The van der Waals surface area contributed by atoms with E-state index in [0.717, 1.165) is 34.7 Å². The van der Waals surface area contributed by atoms with Crippen LogP contribution >= 0.6 is 11.6 Å². The third-order valence-electron chi connectivity index (χ3n) is 6.63. The zero-order valence-corrected chi connectivity index (χ0v) is 20.1. The van der Waals surface area contributed by atoms with Gasteiger partial charge in [0.1, 0.15) is 0 Å². The number of piperazine rings is 1. The smallest absolute Gasteiger partial charge is 0.230 e. The van der Waals surface area contributed by atoms with Crippen LogP contribution in [0.2, 0.25) is 5.02 Å². The second-order valence-electron chi connectivity index (χ2n) is 8.67. The monoisotopic (exact) mass is 458 g/mol. The van der Waals surface area contributed by atoms with Crippen molar-refractivity contribution in [2.75, 3.05) is 24.5 Å². The summed E-state index contributed by atoms with van der Waals surface area (Å²) in [7, 11) is 0. The van der Waals surface area contributed by atoms with E-state index in [2.05, 4.69) is 72.7 Å². The molecule has 3 aromatic rings. The largest absolute Gasteiger partial charge is 0.361 e. The molecule has 0 saturated carbocycles. The number of hydrogen-bond donors (Lipinski definition) is 0. The fourth-order valence-corrected chi connectivity index (χ4v) is 5.04. The fourth-order valence-electron chi connectivity index (χ4n) is 4.81. The van der Waals surface area contributed by atoms with Gasteiger partial charge in [-0.05, 0) is 53.8 Å². The first-order chi connectivity index (χ1) is 16.0. The molecule has 0 bridgehead atoms. The molecule has 3 nitrogen and oxygen atoms in total. The van der Waals surface area contributed by atoms with Gasteiger partial charge in [0.15, 0.2) is 0 Å². The van der Waals surface area contributed by atoms with Gasteiger partial charge in [0.05, 0.1) is 12.0 Å². The van der Waals surface area contributed by atoms with E-state index >= 15 is 0 Å². The molecular weight excluding hydrogens is 428 g/mol. The van der Waals surface area contributed by atoms with Crippen molar-refractivity contribution in [2.24, 2.45) is 0 Å². The highest BCUT2D eigenvalue weighted by molar-refractivity contribution is 6.30. The minimum atomic E-state index is -0.112. The zero-order valence-electron chi connectivity index (χ0n) is 19.4. The first-order valence-corrected chi connectivity index (χ1v) is 12.0. The number of aryl methyl sites for hydroxylation is 1. The summed E-state index contributed by atoms with van der Waals surface area (Å²) >= 11 is 6.24. The Bertz CT molecular complexity index is 1110. The highest BCUT2D eigenvalue weighted by Gasteiger charge is 2.34. The number of halogens is 1. The lowest BCUT2D eigenvalue weighted by Gasteiger charge is -2.44. The molecule has 1 saturated heterocycles. The van der Waals surface area contributed by atoms with Gasteiger partial charge in [-0.2, -0.15) is 0 Å². The Labute approximate surface area is 202 Å². The lowest BCUT2D eigenvalue weighted by atomic mass is 9.93. The maximum absolute atomic E-state index is 13.6. The Balaban J connectivity index is 1.66. The third kappa shape index (κ3) is 4.99. The van der Waals surface area contributed by atoms with Crippen LogP contribution in [0.25, 0.3) is 6.08 Å². The molecule has 0 N–H and O–H groups in total. The number of carbonyl (C=O) groups is 1. The number of benzene rings is 3. The van der Waals surface area contributed by atoms with Gasteiger partial charge in [-0.25, -0.2) is 0 Å². The van der Waals surface area contributed by atoms with Gasteiger partial charge in [0.2, 0.25) is 5.91 Å². The first kappa shape index (κ1) is 23.1. The normalized spacial score (nSPS) is 17.0. The van der Waals surface area contributed by atoms with E-state index in [-0.39, 0.29) is 17.9 Å². The zero-order chi connectivity index (χ0) is 23.4. The number of amides is 1. The highest BCUT2D eigenvalue weighted by Crippen LogP contribution is 2.35. The number of anilines is 1. The van der Waals surface area contributed by atoms with Crippen LogP contribution < -0.4 is 4.90 Å². The van der Waals surface area contributed by atoms with Crippen LogP contribution in [-0.4, -0.2) is 30.4 Å². The van der Waals surface area contributed by atoms with Crippen molar-refractivity contribution in [3.63, 3.8) is 0 Å². The molecule has 2 unspecified atom stereocenters. The molecule has 1 amide bonds. The van der Waals surface area contributed by atoms with E-state index in [9.17, 15) is 4.79 Å². The summed E-state index contributed by atoms with van der Waals surface area (Å²) in [6, 6.07) is 24.7. The topological polar surface area (TPSA) is 23.6 Å². The molecular formula is C29H31ClN2O. The van der Waals surface area contributed by atoms with Crippen LogP contribution in [0.3, 0.4) is 0 Å². The Morgan fingerprint density at radius 1 is 1.09 bits per heavy atom. The second kappa shape index (κ2) is 10.3. The molecule has 0 radical (unpaired) electrons. The minimum absolute atomic E-state index is 0.0646. The number of hydrogen-bond acceptors (Lipinski definition) is 2. The Kier molecular flexibility index (Phi) is 7.20. The Morgan fingerprint density at radius 2 is 1.82 bits per heavy atom. The van der Waals surface area contributed by atoms with Crippen LogP contribution in [0.5, 0.6) is 0 Å². The number of nitrogens with zero attached hydrogens (tertiary/aromatic N) is 2. The Hall–Kier alpha value is -3.04. The van der Waals surface area contributed by atoms with Gasteiger partial charge in [-0.15, -0.1) is 0 Å². The number of rotatable bonds is 6. The predicted octanol–water partition coefficient (Wildman–Crippen LogP) is 6.88. The minimum Gasteiger partial charge on any atom is -0.361 e. The van der Waals surface area contributed by atoms with E-state index in [1.807, 2.05) is 36.4 Å². The van der Waals surface area contributed by atoms with E-state index < -0.39 is 0 Å². The molecule has 4 heteroatoms. The van der Waals surface area contributed by atoms with Gasteiger partial charge >= 0.3 is 0 Å². The highest BCUT2D eigenvalue weighted by atomic mass is 35.5. The van der Waals surface area contributed by atoms with Crippen LogP contribution in [0.1, 0.15) is 47.6 Å². The summed E-state index contributed by atoms with van der Waals surface area (Å²) < 4.78 is 0. The van der Waals surface area contributed by atoms with Gasteiger partial charge in [0, 0.05) is 30.3 Å². The van der Waals surface area contributed by atoms with Gasteiger partial charge in [-0.1, -0.05) is 85.8 Å². The molecule has 3 aromatic carbocycles.